The normalized spacial score (nSPS) is 14.0. The van der Waals surface area contributed by atoms with Crippen LogP contribution in [0.4, 0.5) is 4.39 Å². The van der Waals surface area contributed by atoms with Gasteiger partial charge in [0.25, 0.3) is 0 Å². The van der Waals surface area contributed by atoms with Gasteiger partial charge in [-0.05, 0) is 25.3 Å². The van der Waals surface area contributed by atoms with E-state index in [1.165, 1.54) is 13.8 Å². The quantitative estimate of drug-likeness (QED) is 0.333. The molecule has 0 aliphatic rings. The molecule has 4 heteroatoms. The summed E-state index contributed by atoms with van der Waals surface area (Å²) in [4.78, 5) is 2.55. The van der Waals surface area contributed by atoms with Crippen molar-refractivity contribution in [1.29, 1.82) is 0 Å². The molecular formula is C6H12FN3. The summed E-state index contributed by atoms with van der Waals surface area (Å²) in [6.07, 6.45) is 0. The second-order valence-electron chi connectivity index (χ2n) is 2.88. The fraction of sp³-hybridized carbons (Fsp3) is 1.00. The summed E-state index contributed by atoms with van der Waals surface area (Å²) in [7, 11) is 0. The molecule has 0 aromatic rings. The molecule has 0 heterocycles. The Bertz CT molecular complexity index is 144. The predicted molar refractivity (Wildman–Crippen MR) is 38.4 cm³/mol. The van der Waals surface area contributed by atoms with Gasteiger partial charge >= 0.3 is 0 Å². The average Bonchev–Trinajstić information content (AvgIpc) is 1.80. The van der Waals surface area contributed by atoms with Crippen molar-refractivity contribution in [3.63, 3.8) is 0 Å². The minimum Gasteiger partial charge on any atom is -0.244 e. The second kappa shape index (κ2) is 3.42. The third-order valence-electron chi connectivity index (χ3n) is 1.59. The van der Waals surface area contributed by atoms with Gasteiger partial charge in [0.1, 0.15) is 5.67 Å². The van der Waals surface area contributed by atoms with Crippen molar-refractivity contribution in [2.24, 2.45) is 11.0 Å². The van der Waals surface area contributed by atoms with Crippen molar-refractivity contribution < 1.29 is 4.39 Å². The topological polar surface area (TPSA) is 48.8 Å². The van der Waals surface area contributed by atoms with Crippen LogP contribution in [0.15, 0.2) is 5.11 Å². The molecule has 0 radical (unpaired) electrons. The molecule has 0 amide bonds. The fourth-order valence-corrected chi connectivity index (χ4v) is 0.376. The highest BCUT2D eigenvalue weighted by Gasteiger charge is 2.23. The largest absolute Gasteiger partial charge is 0.244 e. The Morgan fingerprint density at radius 1 is 1.70 bits per heavy atom. The van der Waals surface area contributed by atoms with E-state index < -0.39 is 5.67 Å². The Balaban J connectivity index is 3.84. The van der Waals surface area contributed by atoms with E-state index in [-0.39, 0.29) is 12.5 Å². The van der Waals surface area contributed by atoms with E-state index in [9.17, 15) is 4.39 Å². The van der Waals surface area contributed by atoms with Crippen LogP contribution in [-0.2, 0) is 0 Å². The Morgan fingerprint density at radius 2 is 2.20 bits per heavy atom. The van der Waals surface area contributed by atoms with Gasteiger partial charge in [-0.2, -0.15) is 0 Å². The lowest BCUT2D eigenvalue weighted by Crippen LogP contribution is -2.25. The van der Waals surface area contributed by atoms with E-state index in [1.807, 2.05) is 0 Å². The maximum Gasteiger partial charge on any atom is 0.108 e. The maximum absolute atomic E-state index is 12.9. The first-order valence-corrected chi connectivity index (χ1v) is 3.18. The van der Waals surface area contributed by atoms with E-state index in [0.717, 1.165) is 0 Å². The van der Waals surface area contributed by atoms with E-state index in [0.29, 0.717) is 0 Å². The summed E-state index contributed by atoms with van der Waals surface area (Å²) in [5.74, 6) is -0.219. The monoisotopic (exact) mass is 145 g/mol. The molecule has 0 saturated heterocycles. The van der Waals surface area contributed by atoms with Crippen LogP contribution in [0.5, 0.6) is 0 Å². The van der Waals surface area contributed by atoms with Gasteiger partial charge in [-0.25, -0.2) is 4.39 Å². The smallest absolute Gasteiger partial charge is 0.108 e. The first-order chi connectivity index (χ1) is 4.48. The van der Waals surface area contributed by atoms with Crippen LogP contribution in [0.1, 0.15) is 20.8 Å². The minimum absolute atomic E-state index is 0.219. The van der Waals surface area contributed by atoms with E-state index in [1.54, 1.807) is 6.92 Å². The van der Waals surface area contributed by atoms with Crippen molar-refractivity contribution in [2.45, 2.75) is 26.4 Å². The van der Waals surface area contributed by atoms with Crippen molar-refractivity contribution in [3.05, 3.63) is 10.4 Å². The SMILES string of the molecule is CC(CN=[N+]=[N-])C(C)(C)F. The highest BCUT2D eigenvalue weighted by atomic mass is 19.1. The third-order valence-corrected chi connectivity index (χ3v) is 1.59. The van der Waals surface area contributed by atoms with Crippen molar-refractivity contribution in [2.75, 3.05) is 6.54 Å². The number of alkyl halides is 1. The van der Waals surface area contributed by atoms with Gasteiger partial charge in [0.2, 0.25) is 0 Å². The second-order valence-corrected chi connectivity index (χ2v) is 2.88. The molecule has 0 spiro atoms. The molecule has 0 aliphatic carbocycles. The summed E-state index contributed by atoms with van der Waals surface area (Å²) < 4.78 is 12.9. The molecule has 0 aromatic carbocycles. The van der Waals surface area contributed by atoms with Gasteiger partial charge in [-0.15, -0.1) is 0 Å². The fourth-order valence-electron chi connectivity index (χ4n) is 0.376. The molecular weight excluding hydrogens is 133 g/mol. The standard InChI is InChI=1S/C6H12FN3/c1-5(4-9-10-8)6(2,3)7/h5H,4H2,1-3H3. The van der Waals surface area contributed by atoms with Crippen molar-refractivity contribution in [1.82, 2.24) is 0 Å². The van der Waals surface area contributed by atoms with Crippen LogP contribution in [0.2, 0.25) is 0 Å². The maximum atomic E-state index is 12.9. The number of azide groups is 1. The minimum atomic E-state index is -1.26. The van der Waals surface area contributed by atoms with E-state index in [2.05, 4.69) is 10.0 Å². The molecule has 58 valence electrons. The zero-order valence-corrected chi connectivity index (χ0v) is 6.50. The van der Waals surface area contributed by atoms with Crippen LogP contribution >= 0.6 is 0 Å². The van der Waals surface area contributed by atoms with Gasteiger partial charge in [0, 0.05) is 11.5 Å². The molecule has 10 heavy (non-hydrogen) atoms. The van der Waals surface area contributed by atoms with E-state index in [4.69, 9.17) is 5.53 Å². The van der Waals surface area contributed by atoms with Gasteiger partial charge in [0.05, 0.1) is 0 Å². The molecule has 0 bridgehead atoms. The van der Waals surface area contributed by atoms with Crippen molar-refractivity contribution >= 4 is 0 Å². The lowest BCUT2D eigenvalue weighted by molar-refractivity contribution is 0.141. The molecule has 0 saturated carbocycles. The van der Waals surface area contributed by atoms with E-state index >= 15 is 0 Å². The predicted octanol–water partition coefficient (Wildman–Crippen LogP) is 2.68. The van der Waals surface area contributed by atoms with Crippen LogP contribution in [0.25, 0.3) is 10.4 Å². The third kappa shape index (κ3) is 3.30. The Kier molecular flexibility index (Phi) is 3.16. The van der Waals surface area contributed by atoms with Crippen molar-refractivity contribution in [3.8, 4) is 0 Å². The number of nitrogens with zero attached hydrogens (tertiary/aromatic N) is 3. The zero-order chi connectivity index (χ0) is 8.20. The molecule has 0 rings (SSSR count). The lowest BCUT2D eigenvalue weighted by Gasteiger charge is -2.20. The van der Waals surface area contributed by atoms with Crippen LogP contribution in [0.3, 0.4) is 0 Å². The summed E-state index contributed by atoms with van der Waals surface area (Å²) >= 11 is 0. The molecule has 1 unspecified atom stereocenters. The number of hydrogen-bond acceptors (Lipinski definition) is 1. The zero-order valence-electron chi connectivity index (χ0n) is 6.50. The highest BCUT2D eigenvalue weighted by molar-refractivity contribution is 4.75. The molecule has 0 aliphatic heterocycles. The van der Waals surface area contributed by atoms with Crippen LogP contribution in [-0.4, -0.2) is 12.2 Å². The van der Waals surface area contributed by atoms with Gasteiger partial charge in [-0.3, -0.25) is 0 Å². The molecule has 0 N–H and O–H groups in total. The van der Waals surface area contributed by atoms with Gasteiger partial charge in [-0.1, -0.05) is 12.0 Å². The number of halogens is 1. The first kappa shape index (κ1) is 9.24. The Hall–Kier alpha value is -0.760. The molecule has 1 atom stereocenters. The van der Waals surface area contributed by atoms with Gasteiger partial charge < -0.3 is 0 Å². The Labute approximate surface area is 59.9 Å². The molecule has 3 nitrogen and oxygen atoms in total. The number of hydrogen-bond donors (Lipinski definition) is 0. The summed E-state index contributed by atoms with van der Waals surface area (Å²) in [5.41, 5.74) is 6.66. The molecule has 0 aromatic heterocycles. The summed E-state index contributed by atoms with van der Waals surface area (Å²) in [5, 5.41) is 3.28. The lowest BCUT2D eigenvalue weighted by atomic mass is 9.95. The highest BCUT2D eigenvalue weighted by Crippen LogP contribution is 2.20. The van der Waals surface area contributed by atoms with Crippen LogP contribution < -0.4 is 0 Å². The first-order valence-electron chi connectivity index (χ1n) is 3.18. The van der Waals surface area contributed by atoms with Gasteiger partial charge in [0.15, 0.2) is 0 Å². The van der Waals surface area contributed by atoms with Crippen LogP contribution in [0, 0.1) is 5.92 Å². The summed E-state index contributed by atoms with van der Waals surface area (Å²) in [6, 6.07) is 0. The Morgan fingerprint density at radius 3 is 2.50 bits per heavy atom. The summed E-state index contributed by atoms with van der Waals surface area (Å²) in [6.45, 7) is 4.89. The average molecular weight is 145 g/mol. The molecule has 0 fully saturated rings. The number of rotatable bonds is 3.